The first-order chi connectivity index (χ1) is 18.7. The number of hydrogen-bond donors (Lipinski definition) is 1. The maximum Gasteiger partial charge on any atom is 0.257 e. The van der Waals surface area contributed by atoms with E-state index in [4.69, 9.17) is 11.6 Å². The maximum absolute atomic E-state index is 14.5. The Morgan fingerprint density at radius 3 is 2.23 bits per heavy atom. The number of carbonyl (C=O) groups excluding carboxylic acids is 4. The minimum Gasteiger partial charge on any atom is -0.329 e. The van der Waals surface area contributed by atoms with Crippen LogP contribution in [0, 0.1) is 23.2 Å². The first-order valence-corrected chi connectivity index (χ1v) is 14.4. The van der Waals surface area contributed by atoms with Crippen LogP contribution in [0.1, 0.15) is 57.4 Å². The van der Waals surface area contributed by atoms with Gasteiger partial charge >= 0.3 is 0 Å². The van der Waals surface area contributed by atoms with Crippen LogP contribution < -0.4 is 10.2 Å². The zero-order valence-electron chi connectivity index (χ0n) is 22.2. The van der Waals surface area contributed by atoms with Crippen molar-refractivity contribution in [3.05, 3.63) is 59.1 Å². The van der Waals surface area contributed by atoms with Crippen molar-refractivity contribution in [1.29, 1.82) is 0 Å². The van der Waals surface area contributed by atoms with Gasteiger partial charge in [-0.2, -0.15) is 0 Å². The number of imide groups is 1. The standard InChI is InChI=1S/C31H34ClN3O4/c1-19(36)33-25-5-7-26(8-6-25)35-28(37)15-27(29(35)38)34(10-9-20-3-2-4-24(32)14-20)30(39)31-16-21-11-22(17-31)13-23(12-21)18-31/h2-8,14,21-23,27H,9-13,15-18H2,1H3,(H,33,36). The largest absolute Gasteiger partial charge is 0.329 e. The second-order valence-electron chi connectivity index (χ2n) is 12.1. The molecule has 1 aliphatic heterocycles. The van der Waals surface area contributed by atoms with Crippen LogP contribution in [-0.2, 0) is 25.6 Å². The molecule has 2 aromatic rings. The molecular formula is C31H34ClN3O4. The number of rotatable bonds is 7. The highest BCUT2D eigenvalue weighted by Crippen LogP contribution is 2.60. The molecule has 204 valence electrons. The second kappa shape index (κ2) is 10.1. The number of benzene rings is 2. The fourth-order valence-electron chi connectivity index (χ4n) is 8.05. The molecule has 4 bridgehead atoms. The molecule has 39 heavy (non-hydrogen) atoms. The molecule has 7 rings (SSSR count). The van der Waals surface area contributed by atoms with Gasteiger partial charge in [0.1, 0.15) is 6.04 Å². The SMILES string of the molecule is CC(=O)Nc1ccc(N2C(=O)CC(N(CCc3cccc(Cl)c3)C(=O)C34CC5CC(CC(C5)C3)C4)C2=O)cc1. The van der Waals surface area contributed by atoms with Gasteiger partial charge in [0.25, 0.3) is 5.91 Å². The molecule has 4 amide bonds. The minimum atomic E-state index is -0.827. The Morgan fingerprint density at radius 2 is 1.64 bits per heavy atom. The summed E-state index contributed by atoms with van der Waals surface area (Å²) in [5, 5.41) is 3.33. The van der Waals surface area contributed by atoms with Gasteiger partial charge in [-0.15, -0.1) is 0 Å². The van der Waals surface area contributed by atoms with E-state index in [1.165, 1.54) is 31.1 Å². The normalized spacial score (nSPS) is 29.1. The predicted octanol–water partition coefficient (Wildman–Crippen LogP) is 5.22. The summed E-state index contributed by atoms with van der Waals surface area (Å²) >= 11 is 6.22. The van der Waals surface area contributed by atoms with Crippen LogP contribution in [0.3, 0.4) is 0 Å². The number of amides is 4. The minimum absolute atomic E-state index is 0.0278. The van der Waals surface area contributed by atoms with Gasteiger partial charge in [-0.25, -0.2) is 4.90 Å². The average Bonchev–Trinajstić information content (AvgIpc) is 3.17. The molecule has 2 aromatic carbocycles. The molecule has 0 aromatic heterocycles. The Hall–Kier alpha value is -3.19. The molecule has 0 spiro atoms. The van der Waals surface area contributed by atoms with Crippen LogP contribution in [0.4, 0.5) is 11.4 Å². The van der Waals surface area contributed by atoms with Crippen molar-refractivity contribution in [1.82, 2.24) is 4.90 Å². The fraction of sp³-hybridized carbons (Fsp3) is 0.484. The fourth-order valence-corrected chi connectivity index (χ4v) is 8.26. The molecule has 5 fully saturated rings. The van der Waals surface area contributed by atoms with E-state index in [0.29, 0.717) is 47.1 Å². The van der Waals surface area contributed by atoms with Crippen LogP contribution in [0.2, 0.25) is 5.02 Å². The van der Waals surface area contributed by atoms with Crippen LogP contribution in [-0.4, -0.2) is 41.1 Å². The molecule has 4 aliphatic carbocycles. The van der Waals surface area contributed by atoms with E-state index < -0.39 is 11.5 Å². The van der Waals surface area contributed by atoms with Crippen LogP contribution >= 0.6 is 11.6 Å². The van der Waals surface area contributed by atoms with Gasteiger partial charge in [0, 0.05) is 24.2 Å². The lowest BCUT2D eigenvalue weighted by atomic mass is 9.49. The van der Waals surface area contributed by atoms with E-state index in [0.717, 1.165) is 24.8 Å². The van der Waals surface area contributed by atoms with E-state index in [-0.39, 0.29) is 30.0 Å². The van der Waals surface area contributed by atoms with Gasteiger partial charge in [0.15, 0.2) is 0 Å². The zero-order valence-corrected chi connectivity index (χ0v) is 23.0. The predicted molar refractivity (Wildman–Crippen MR) is 149 cm³/mol. The molecule has 0 radical (unpaired) electrons. The summed E-state index contributed by atoms with van der Waals surface area (Å²) in [6.45, 7) is 1.78. The highest BCUT2D eigenvalue weighted by molar-refractivity contribution is 6.30. The lowest BCUT2D eigenvalue weighted by molar-refractivity contribution is -0.161. The number of halogens is 1. The van der Waals surface area contributed by atoms with E-state index in [2.05, 4.69) is 5.32 Å². The molecule has 1 unspecified atom stereocenters. The number of nitrogens with one attached hydrogen (secondary N) is 1. The van der Waals surface area contributed by atoms with E-state index >= 15 is 0 Å². The third kappa shape index (κ3) is 4.97. The molecule has 1 atom stereocenters. The summed E-state index contributed by atoms with van der Waals surface area (Å²) in [5.74, 6) is 0.950. The van der Waals surface area contributed by atoms with Crippen molar-refractivity contribution in [2.24, 2.45) is 23.2 Å². The quantitative estimate of drug-likeness (QED) is 0.482. The van der Waals surface area contributed by atoms with E-state index in [1.54, 1.807) is 29.2 Å². The lowest BCUT2D eigenvalue weighted by Crippen LogP contribution is -2.58. The monoisotopic (exact) mass is 547 g/mol. The molecule has 5 aliphatic rings. The van der Waals surface area contributed by atoms with Crippen molar-refractivity contribution in [2.45, 2.75) is 64.3 Å². The van der Waals surface area contributed by atoms with E-state index in [9.17, 15) is 19.2 Å². The zero-order chi connectivity index (χ0) is 27.3. The topological polar surface area (TPSA) is 86.8 Å². The van der Waals surface area contributed by atoms with Gasteiger partial charge in [0.05, 0.1) is 17.5 Å². The maximum atomic E-state index is 14.5. The Balaban J connectivity index is 1.28. The third-order valence-corrected chi connectivity index (χ3v) is 9.46. The van der Waals surface area contributed by atoms with Gasteiger partial charge in [-0.05, 0) is 105 Å². The number of nitrogens with zero attached hydrogens (tertiary/aromatic N) is 2. The summed E-state index contributed by atoms with van der Waals surface area (Å²) in [7, 11) is 0. The lowest BCUT2D eigenvalue weighted by Gasteiger charge is -2.57. The summed E-state index contributed by atoms with van der Waals surface area (Å²) in [4.78, 5) is 55.9. The van der Waals surface area contributed by atoms with Crippen LogP contribution in [0.15, 0.2) is 48.5 Å². The highest BCUT2D eigenvalue weighted by atomic mass is 35.5. The molecule has 1 saturated heterocycles. The highest BCUT2D eigenvalue weighted by Gasteiger charge is 2.57. The van der Waals surface area contributed by atoms with Crippen molar-refractivity contribution in [3.63, 3.8) is 0 Å². The number of hydrogen-bond acceptors (Lipinski definition) is 4. The van der Waals surface area contributed by atoms with Crippen molar-refractivity contribution in [2.75, 3.05) is 16.8 Å². The van der Waals surface area contributed by atoms with Gasteiger partial charge in [-0.3, -0.25) is 19.2 Å². The van der Waals surface area contributed by atoms with Gasteiger partial charge in [-0.1, -0.05) is 23.7 Å². The molecule has 1 N–H and O–H groups in total. The Bertz CT molecular complexity index is 1290. The smallest absolute Gasteiger partial charge is 0.257 e. The number of anilines is 2. The van der Waals surface area contributed by atoms with Gasteiger partial charge < -0.3 is 10.2 Å². The first kappa shape index (κ1) is 26.1. The Kier molecular flexibility index (Phi) is 6.74. The number of carbonyl (C=O) groups is 4. The van der Waals surface area contributed by atoms with Gasteiger partial charge in [0.2, 0.25) is 17.7 Å². The molecule has 8 heteroatoms. The average molecular weight is 548 g/mol. The van der Waals surface area contributed by atoms with Crippen molar-refractivity contribution >= 4 is 46.6 Å². The van der Waals surface area contributed by atoms with Crippen molar-refractivity contribution < 1.29 is 19.2 Å². The molecule has 1 heterocycles. The van der Waals surface area contributed by atoms with Crippen LogP contribution in [0.5, 0.6) is 0 Å². The summed E-state index contributed by atoms with van der Waals surface area (Å²) in [6, 6.07) is 13.4. The summed E-state index contributed by atoms with van der Waals surface area (Å²) in [5.41, 5.74) is 1.61. The Labute approximate surface area is 233 Å². The molecule has 7 nitrogen and oxygen atoms in total. The van der Waals surface area contributed by atoms with E-state index in [1.807, 2.05) is 24.3 Å². The molecule has 4 saturated carbocycles. The molecular weight excluding hydrogens is 514 g/mol. The van der Waals surface area contributed by atoms with Crippen molar-refractivity contribution in [3.8, 4) is 0 Å². The summed E-state index contributed by atoms with van der Waals surface area (Å²) in [6.07, 6.45) is 6.88. The first-order valence-electron chi connectivity index (χ1n) is 14.0. The third-order valence-electron chi connectivity index (χ3n) is 9.23. The Morgan fingerprint density at radius 1 is 1.00 bits per heavy atom. The second-order valence-corrected chi connectivity index (χ2v) is 12.5. The summed E-state index contributed by atoms with van der Waals surface area (Å²) < 4.78 is 0. The van der Waals surface area contributed by atoms with Crippen LogP contribution in [0.25, 0.3) is 0 Å².